The van der Waals surface area contributed by atoms with Crippen LogP contribution in [-0.2, 0) is 11.2 Å². The van der Waals surface area contributed by atoms with E-state index in [-0.39, 0.29) is 24.3 Å². The van der Waals surface area contributed by atoms with Gasteiger partial charge < -0.3 is 5.32 Å². The Kier molecular flexibility index (Phi) is 6.56. The van der Waals surface area contributed by atoms with E-state index < -0.39 is 0 Å². The summed E-state index contributed by atoms with van der Waals surface area (Å²) in [6.45, 7) is 4.17. The summed E-state index contributed by atoms with van der Waals surface area (Å²) in [7, 11) is 0. The summed E-state index contributed by atoms with van der Waals surface area (Å²) in [5, 5.41) is 6.20. The van der Waals surface area contributed by atoms with Crippen LogP contribution in [0.1, 0.15) is 35.2 Å². The number of anilines is 1. The van der Waals surface area contributed by atoms with E-state index >= 15 is 0 Å². The minimum atomic E-state index is -0.293. The van der Waals surface area contributed by atoms with Gasteiger partial charge in [0, 0.05) is 5.69 Å². The zero-order valence-electron chi connectivity index (χ0n) is 16.2. The number of carbonyl (C=O) groups is 1. The van der Waals surface area contributed by atoms with Gasteiger partial charge in [0.25, 0.3) is 0 Å². The second-order valence-electron chi connectivity index (χ2n) is 6.83. The molecule has 4 heteroatoms. The van der Waals surface area contributed by atoms with Crippen LogP contribution in [0, 0.1) is 12.7 Å². The molecule has 0 aliphatic carbocycles. The fourth-order valence-electron chi connectivity index (χ4n) is 3.16. The van der Waals surface area contributed by atoms with E-state index in [4.69, 9.17) is 0 Å². The van der Waals surface area contributed by atoms with Crippen LogP contribution in [0.5, 0.6) is 0 Å². The van der Waals surface area contributed by atoms with Crippen molar-refractivity contribution >= 4 is 11.6 Å². The van der Waals surface area contributed by atoms with E-state index in [1.165, 1.54) is 17.7 Å². The zero-order valence-corrected chi connectivity index (χ0v) is 16.2. The summed E-state index contributed by atoms with van der Waals surface area (Å²) < 4.78 is 13.8. The molecule has 3 nitrogen and oxygen atoms in total. The van der Waals surface area contributed by atoms with Crippen LogP contribution < -0.4 is 10.6 Å². The van der Waals surface area contributed by atoms with Gasteiger partial charge in [-0.3, -0.25) is 10.1 Å². The first-order valence-electron chi connectivity index (χ1n) is 9.50. The van der Waals surface area contributed by atoms with Crippen LogP contribution in [0.2, 0.25) is 0 Å². The molecule has 1 amide bonds. The third-order valence-electron chi connectivity index (χ3n) is 4.79. The summed E-state index contributed by atoms with van der Waals surface area (Å²) in [4.78, 5) is 12.5. The number of hydrogen-bond donors (Lipinski definition) is 2. The van der Waals surface area contributed by atoms with Crippen molar-refractivity contribution in [1.29, 1.82) is 0 Å². The Morgan fingerprint density at radius 3 is 2.39 bits per heavy atom. The van der Waals surface area contributed by atoms with Crippen molar-refractivity contribution in [3.05, 3.63) is 101 Å². The number of hydrogen-bond acceptors (Lipinski definition) is 2. The lowest BCUT2D eigenvalue weighted by atomic mass is 9.97. The molecule has 3 aromatic carbocycles. The van der Waals surface area contributed by atoms with Crippen LogP contribution in [0.25, 0.3) is 0 Å². The lowest BCUT2D eigenvalue weighted by molar-refractivity contribution is -0.115. The fraction of sp³-hybridized carbons (Fsp3) is 0.208. The molecule has 0 heterocycles. The molecule has 0 aromatic heterocycles. The number of carbonyl (C=O) groups excluding carboxylic acids is 1. The van der Waals surface area contributed by atoms with Crippen molar-refractivity contribution in [3.8, 4) is 0 Å². The highest BCUT2D eigenvalue weighted by atomic mass is 19.1. The molecule has 2 N–H and O–H groups in total. The molecule has 0 saturated carbocycles. The van der Waals surface area contributed by atoms with Gasteiger partial charge in [-0.25, -0.2) is 4.39 Å². The average molecular weight is 376 g/mol. The molecule has 0 fully saturated rings. The summed E-state index contributed by atoms with van der Waals surface area (Å²) in [6, 6.07) is 22.1. The van der Waals surface area contributed by atoms with Crippen molar-refractivity contribution in [2.24, 2.45) is 0 Å². The third kappa shape index (κ3) is 5.05. The van der Waals surface area contributed by atoms with Gasteiger partial charge in [-0.1, -0.05) is 61.5 Å². The van der Waals surface area contributed by atoms with E-state index in [0.717, 1.165) is 28.8 Å². The van der Waals surface area contributed by atoms with Crippen molar-refractivity contribution in [2.75, 3.05) is 11.9 Å². The number of para-hydroxylation sites is 1. The molecule has 0 saturated heterocycles. The number of aryl methyl sites for hydroxylation is 2. The molecule has 1 atom stereocenters. The van der Waals surface area contributed by atoms with Gasteiger partial charge in [-0.05, 0) is 53.8 Å². The Hall–Kier alpha value is -2.98. The minimum Gasteiger partial charge on any atom is -0.325 e. The van der Waals surface area contributed by atoms with Crippen LogP contribution in [0.4, 0.5) is 10.1 Å². The van der Waals surface area contributed by atoms with E-state index in [9.17, 15) is 9.18 Å². The summed E-state index contributed by atoms with van der Waals surface area (Å²) in [5.41, 5.74) is 4.81. The molecular weight excluding hydrogens is 351 g/mol. The maximum absolute atomic E-state index is 13.8. The molecule has 0 aliphatic heterocycles. The van der Waals surface area contributed by atoms with Gasteiger partial charge >= 0.3 is 0 Å². The van der Waals surface area contributed by atoms with Crippen LogP contribution in [0.3, 0.4) is 0 Å². The molecule has 3 aromatic rings. The summed E-state index contributed by atoms with van der Waals surface area (Å²) in [5.74, 6) is -0.431. The molecule has 28 heavy (non-hydrogen) atoms. The summed E-state index contributed by atoms with van der Waals surface area (Å²) >= 11 is 0. The van der Waals surface area contributed by atoms with E-state index in [1.54, 1.807) is 6.07 Å². The first kappa shape index (κ1) is 19.8. The molecule has 0 unspecified atom stereocenters. The van der Waals surface area contributed by atoms with Crippen molar-refractivity contribution in [2.45, 2.75) is 26.3 Å². The first-order chi connectivity index (χ1) is 13.6. The van der Waals surface area contributed by atoms with Gasteiger partial charge in [0.2, 0.25) is 5.91 Å². The van der Waals surface area contributed by atoms with E-state index in [2.05, 4.69) is 29.7 Å². The molecular formula is C24H25FN2O. The number of halogens is 1. The van der Waals surface area contributed by atoms with Gasteiger partial charge in [-0.15, -0.1) is 0 Å². The SMILES string of the molecule is CCc1ccc([C@@H](NCC(=O)Nc2ccccc2C)c2cccc(F)c2)cc1. The predicted octanol–water partition coefficient (Wildman–Crippen LogP) is 5.01. The number of nitrogens with one attached hydrogen (secondary N) is 2. The lowest BCUT2D eigenvalue weighted by Gasteiger charge is -2.20. The molecule has 0 radical (unpaired) electrons. The highest BCUT2D eigenvalue weighted by Crippen LogP contribution is 2.23. The van der Waals surface area contributed by atoms with Gasteiger partial charge in [0.15, 0.2) is 0 Å². The van der Waals surface area contributed by atoms with Crippen molar-refractivity contribution < 1.29 is 9.18 Å². The Morgan fingerprint density at radius 1 is 0.964 bits per heavy atom. The molecule has 144 valence electrons. The normalized spacial score (nSPS) is 11.8. The second-order valence-corrected chi connectivity index (χ2v) is 6.83. The largest absolute Gasteiger partial charge is 0.325 e. The standard InChI is InChI=1S/C24H25FN2O/c1-3-18-11-13-19(14-12-18)24(20-8-6-9-21(25)15-20)26-16-23(28)27-22-10-5-4-7-17(22)2/h4-15,24,26H,3,16H2,1-2H3,(H,27,28)/t24-/m1/s1. The van der Waals surface area contributed by atoms with Crippen molar-refractivity contribution in [3.63, 3.8) is 0 Å². The fourth-order valence-corrected chi connectivity index (χ4v) is 3.16. The highest BCUT2D eigenvalue weighted by molar-refractivity contribution is 5.93. The lowest BCUT2D eigenvalue weighted by Crippen LogP contribution is -2.32. The van der Waals surface area contributed by atoms with Gasteiger partial charge in [0.05, 0.1) is 12.6 Å². The smallest absolute Gasteiger partial charge is 0.238 e. The molecule has 3 rings (SSSR count). The van der Waals surface area contributed by atoms with Crippen LogP contribution in [0.15, 0.2) is 72.8 Å². The number of benzene rings is 3. The Balaban J connectivity index is 1.77. The van der Waals surface area contributed by atoms with E-state index in [1.807, 2.05) is 49.4 Å². The monoisotopic (exact) mass is 376 g/mol. The average Bonchev–Trinajstić information content (AvgIpc) is 2.70. The second kappa shape index (κ2) is 9.29. The Morgan fingerprint density at radius 2 is 1.71 bits per heavy atom. The van der Waals surface area contributed by atoms with E-state index in [0.29, 0.717) is 0 Å². The predicted molar refractivity (Wildman–Crippen MR) is 112 cm³/mol. The number of rotatable bonds is 7. The maximum atomic E-state index is 13.8. The quantitative estimate of drug-likeness (QED) is 0.608. The van der Waals surface area contributed by atoms with Gasteiger partial charge in [0.1, 0.15) is 5.82 Å². The van der Waals surface area contributed by atoms with Crippen LogP contribution in [-0.4, -0.2) is 12.5 Å². The number of amides is 1. The topological polar surface area (TPSA) is 41.1 Å². The summed E-state index contributed by atoms with van der Waals surface area (Å²) in [6.07, 6.45) is 0.956. The Labute approximate surface area is 165 Å². The first-order valence-corrected chi connectivity index (χ1v) is 9.50. The third-order valence-corrected chi connectivity index (χ3v) is 4.79. The molecule has 0 spiro atoms. The molecule has 0 bridgehead atoms. The minimum absolute atomic E-state index is 0.116. The molecule has 0 aliphatic rings. The van der Waals surface area contributed by atoms with Crippen molar-refractivity contribution in [1.82, 2.24) is 5.32 Å². The zero-order chi connectivity index (χ0) is 19.9. The van der Waals surface area contributed by atoms with Crippen LogP contribution >= 0.6 is 0 Å². The highest BCUT2D eigenvalue weighted by Gasteiger charge is 2.16. The maximum Gasteiger partial charge on any atom is 0.238 e. The van der Waals surface area contributed by atoms with Gasteiger partial charge in [-0.2, -0.15) is 0 Å². The Bertz CT molecular complexity index is 937.